The summed E-state index contributed by atoms with van der Waals surface area (Å²) >= 11 is 0. The maximum absolute atomic E-state index is 7.26. The first kappa shape index (κ1) is 12.6. The molecule has 4 heteroatoms. The van der Waals surface area contributed by atoms with Gasteiger partial charge < -0.3 is 10.6 Å². The van der Waals surface area contributed by atoms with E-state index < -0.39 is 0 Å². The number of pyridine rings is 1. The number of nitrogens with zero attached hydrogens (tertiary/aromatic N) is 2. The molecule has 0 fully saturated rings. The normalized spacial score (nSPS) is 12.7. The highest BCUT2D eigenvalue weighted by atomic mass is 15.1. The van der Waals surface area contributed by atoms with Crippen LogP contribution in [0.1, 0.15) is 18.9 Å². The summed E-state index contributed by atoms with van der Waals surface area (Å²) in [5.74, 6) is 0.251. The Bertz CT molecular complexity index is 323. The van der Waals surface area contributed by atoms with E-state index in [1.165, 1.54) is 5.56 Å². The van der Waals surface area contributed by atoms with E-state index in [0.717, 1.165) is 13.0 Å². The number of hydrogen-bond acceptors (Lipinski definition) is 3. The van der Waals surface area contributed by atoms with Crippen LogP contribution in [-0.4, -0.2) is 35.4 Å². The van der Waals surface area contributed by atoms with Gasteiger partial charge >= 0.3 is 0 Å². The van der Waals surface area contributed by atoms with Crippen LogP contribution in [-0.2, 0) is 6.42 Å². The first-order valence-corrected chi connectivity index (χ1v) is 5.51. The standard InChI is InChI=1S/C12H20N4/c1-10(8-12(13)14)16(2)7-5-11-4-3-6-15-9-11/h3-4,6,9-10H,5,7-8H2,1-2H3,(H3,13,14). The highest BCUT2D eigenvalue weighted by Crippen LogP contribution is 2.04. The minimum Gasteiger partial charge on any atom is -0.388 e. The summed E-state index contributed by atoms with van der Waals surface area (Å²) in [6.07, 6.45) is 5.28. The van der Waals surface area contributed by atoms with Crippen LogP contribution in [0.5, 0.6) is 0 Å². The van der Waals surface area contributed by atoms with Gasteiger partial charge in [0.25, 0.3) is 0 Å². The van der Waals surface area contributed by atoms with Crippen LogP contribution in [0.25, 0.3) is 0 Å². The number of nitrogens with one attached hydrogen (secondary N) is 1. The zero-order valence-corrected chi connectivity index (χ0v) is 9.98. The molecule has 0 aliphatic carbocycles. The summed E-state index contributed by atoms with van der Waals surface area (Å²) < 4.78 is 0. The molecule has 0 spiro atoms. The Morgan fingerprint density at radius 3 is 2.94 bits per heavy atom. The molecular weight excluding hydrogens is 200 g/mol. The summed E-state index contributed by atoms with van der Waals surface area (Å²) in [5, 5.41) is 7.26. The molecule has 16 heavy (non-hydrogen) atoms. The molecule has 3 N–H and O–H groups in total. The van der Waals surface area contributed by atoms with Crippen molar-refractivity contribution in [3.63, 3.8) is 0 Å². The zero-order valence-electron chi connectivity index (χ0n) is 9.98. The summed E-state index contributed by atoms with van der Waals surface area (Å²) in [6, 6.07) is 4.35. The molecule has 0 radical (unpaired) electrons. The number of rotatable bonds is 6. The largest absolute Gasteiger partial charge is 0.388 e. The second-order valence-corrected chi connectivity index (χ2v) is 4.17. The molecule has 0 aliphatic heterocycles. The Balaban J connectivity index is 2.35. The molecule has 4 nitrogen and oxygen atoms in total. The lowest BCUT2D eigenvalue weighted by Gasteiger charge is -2.24. The van der Waals surface area contributed by atoms with Gasteiger partial charge in [-0.25, -0.2) is 0 Å². The SMILES string of the molecule is CC(CC(=N)N)N(C)CCc1cccnc1. The van der Waals surface area contributed by atoms with E-state index in [2.05, 4.69) is 29.9 Å². The molecule has 88 valence electrons. The number of hydrogen-bond donors (Lipinski definition) is 2. The van der Waals surface area contributed by atoms with Crippen molar-refractivity contribution in [2.24, 2.45) is 5.73 Å². The van der Waals surface area contributed by atoms with Crippen molar-refractivity contribution in [2.45, 2.75) is 25.8 Å². The van der Waals surface area contributed by atoms with Gasteiger partial charge in [-0.2, -0.15) is 0 Å². The molecule has 1 aromatic heterocycles. The van der Waals surface area contributed by atoms with Crippen molar-refractivity contribution in [1.29, 1.82) is 5.41 Å². The first-order chi connectivity index (χ1) is 7.59. The molecule has 1 atom stereocenters. The molecule has 0 bridgehead atoms. The summed E-state index contributed by atoms with van der Waals surface area (Å²) in [6.45, 7) is 3.05. The second kappa shape index (κ2) is 6.23. The van der Waals surface area contributed by atoms with Crippen LogP contribution in [0.15, 0.2) is 24.5 Å². The third-order valence-electron chi connectivity index (χ3n) is 2.74. The van der Waals surface area contributed by atoms with Gasteiger partial charge in [-0.05, 0) is 32.0 Å². The Labute approximate surface area is 97.0 Å². The Morgan fingerprint density at radius 1 is 1.62 bits per heavy atom. The van der Waals surface area contributed by atoms with Crippen molar-refractivity contribution in [1.82, 2.24) is 9.88 Å². The molecule has 1 aromatic rings. The van der Waals surface area contributed by atoms with Gasteiger partial charge in [0.05, 0.1) is 5.84 Å². The number of nitrogens with two attached hydrogens (primary N) is 1. The second-order valence-electron chi connectivity index (χ2n) is 4.17. The van der Waals surface area contributed by atoms with Gasteiger partial charge in [-0.3, -0.25) is 10.4 Å². The van der Waals surface area contributed by atoms with E-state index in [-0.39, 0.29) is 5.84 Å². The van der Waals surface area contributed by atoms with Crippen LogP contribution in [0.3, 0.4) is 0 Å². The molecule has 0 aliphatic rings. The molecule has 0 saturated carbocycles. The summed E-state index contributed by atoms with van der Waals surface area (Å²) in [7, 11) is 2.06. The number of amidine groups is 1. The maximum Gasteiger partial charge on any atom is 0.0920 e. The predicted octanol–water partition coefficient (Wildman–Crippen LogP) is 1.27. The lowest BCUT2D eigenvalue weighted by molar-refractivity contribution is 0.266. The quantitative estimate of drug-likeness (QED) is 0.560. The van der Waals surface area contributed by atoms with Crippen molar-refractivity contribution >= 4 is 5.84 Å². The zero-order chi connectivity index (χ0) is 12.0. The van der Waals surface area contributed by atoms with Crippen molar-refractivity contribution in [3.8, 4) is 0 Å². The maximum atomic E-state index is 7.26. The van der Waals surface area contributed by atoms with E-state index in [9.17, 15) is 0 Å². The first-order valence-electron chi connectivity index (χ1n) is 5.51. The highest BCUT2D eigenvalue weighted by Gasteiger charge is 2.09. The Kier molecular flexibility index (Phi) is 4.92. The average molecular weight is 220 g/mol. The van der Waals surface area contributed by atoms with Gasteiger partial charge in [0.2, 0.25) is 0 Å². The topological polar surface area (TPSA) is 66.0 Å². The third-order valence-corrected chi connectivity index (χ3v) is 2.74. The van der Waals surface area contributed by atoms with E-state index >= 15 is 0 Å². The molecule has 1 unspecified atom stereocenters. The van der Waals surface area contributed by atoms with E-state index in [1.807, 2.05) is 12.3 Å². The van der Waals surface area contributed by atoms with Crippen molar-refractivity contribution in [2.75, 3.05) is 13.6 Å². The van der Waals surface area contributed by atoms with Crippen LogP contribution >= 0.6 is 0 Å². The fraction of sp³-hybridized carbons (Fsp3) is 0.500. The molecule has 0 amide bonds. The minimum absolute atomic E-state index is 0.251. The predicted molar refractivity (Wildman–Crippen MR) is 66.6 cm³/mol. The van der Waals surface area contributed by atoms with Gasteiger partial charge in [0, 0.05) is 31.4 Å². The lowest BCUT2D eigenvalue weighted by Crippen LogP contribution is -2.34. The molecule has 0 aromatic carbocycles. The molecule has 0 saturated heterocycles. The van der Waals surface area contributed by atoms with Gasteiger partial charge in [0.1, 0.15) is 0 Å². The van der Waals surface area contributed by atoms with E-state index in [1.54, 1.807) is 6.20 Å². The van der Waals surface area contributed by atoms with Crippen molar-refractivity contribution < 1.29 is 0 Å². The summed E-state index contributed by atoms with van der Waals surface area (Å²) in [5.41, 5.74) is 6.63. The van der Waals surface area contributed by atoms with Crippen molar-refractivity contribution in [3.05, 3.63) is 30.1 Å². The van der Waals surface area contributed by atoms with Crippen LogP contribution in [0.4, 0.5) is 0 Å². The molecule has 1 rings (SSSR count). The Hall–Kier alpha value is -1.42. The molecule has 1 heterocycles. The highest BCUT2D eigenvalue weighted by molar-refractivity contribution is 5.77. The third kappa shape index (κ3) is 4.40. The van der Waals surface area contributed by atoms with E-state index in [4.69, 9.17) is 11.1 Å². The van der Waals surface area contributed by atoms with Gasteiger partial charge in [-0.1, -0.05) is 6.07 Å². The van der Waals surface area contributed by atoms with Crippen LogP contribution in [0.2, 0.25) is 0 Å². The monoisotopic (exact) mass is 220 g/mol. The lowest BCUT2D eigenvalue weighted by atomic mass is 10.1. The Morgan fingerprint density at radius 2 is 2.38 bits per heavy atom. The van der Waals surface area contributed by atoms with Crippen LogP contribution < -0.4 is 5.73 Å². The van der Waals surface area contributed by atoms with Gasteiger partial charge in [0.15, 0.2) is 0 Å². The van der Waals surface area contributed by atoms with E-state index in [0.29, 0.717) is 12.5 Å². The average Bonchev–Trinajstić information content (AvgIpc) is 2.26. The molecular formula is C12H20N4. The summed E-state index contributed by atoms with van der Waals surface area (Å²) in [4.78, 5) is 6.30. The number of likely N-dealkylation sites (N-methyl/N-ethyl adjacent to an activating group) is 1. The number of aromatic nitrogens is 1. The van der Waals surface area contributed by atoms with Crippen LogP contribution in [0, 0.1) is 5.41 Å². The smallest absolute Gasteiger partial charge is 0.0920 e. The minimum atomic E-state index is 0.251. The fourth-order valence-corrected chi connectivity index (χ4v) is 1.55. The fourth-order valence-electron chi connectivity index (χ4n) is 1.55. The van der Waals surface area contributed by atoms with Gasteiger partial charge in [-0.15, -0.1) is 0 Å².